The average Bonchev–Trinajstić information content (AvgIpc) is 2.05. The summed E-state index contributed by atoms with van der Waals surface area (Å²) in [5.41, 5.74) is 0.176. The third-order valence-electron chi connectivity index (χ3n) is 0.830. The highest BCUT2D eigenvalue weighted by Crippen LogP contribution is 1.87. The van der Waals surface area contributed by atoms with E-state index in [1.165, 1.54) is 6.92 Å². The van der Waals surface area contributed by atoms with Crippen LogP contribution in [0.1, 0.15) is 6.92 Å². The first-order valence-corrected chi connectivity index (χ1v) is 4.76. The van der Waals surface area contributed by atoms with E-state index in [-0.39, 0.29) is 5.57 Å². The van der Waals surface area contributed by atoms with Crippen molar-refractivity contribution in [2.24, 2.45) is 0 Å². The molecule has 0 amide bonds. The second-order valence-electron chi connectivity index (χ2n) is 2.01. The molecule has 0 unspecified atom stereocenters. The van der Waals surface area contributed by atoms with Gasteiger partial charge in [-0.25, -0.2) is 13.2 Å². The number of hydrogen-bond donors (Lipinski definition) is 1. The van der Waals surface area contributed by atoms with E-state index in [1.54, 1.807) is 0 Å². The first-order valence-electron chi connectivity index (χ1n) is 3.15. The van der Waals surface area contributed by atoms with Crippen molar-refractivity contribution in [2.45, 2.75) is 6.92 Å². The lowest BCUT2D eigenvalue weighted by Gasteiger charge is -1.79. The van der Waals surface area contributed by atoms with Crippen LogP contribution in [0.2, 0.25) is 0 Å². The van der Waals surface area contributed by atoms with E-state index in [1.807, 2.05) is 0 Å². The molecule has 0 aliphatic rings. The number of sulfone groups is 1. The molecule has 74 valence electrons. The molecule has 0 aromatic rings. The molecule has 0 heterocycles. The van der Waals surface area contributed by atoms with Gasteiger partial charge in [-0.05, 0) is 6.92 Å². The fourth-order valence-corrected chi connectivity index (χ4v) is 0.204. The van der Waals surface area contributed by atoms with Gasteiger partial charge >= 0.3 is 5.97 Å². The summed E-state index contributed by atoms with van der Waals surface area (Å²) in [6.07, 6.45) is 0. The molecule has 1 N–H and O–H groups in total. The molecule has 0 aliphatic carbocycles. The summed E-state index contributed by atoms with van der Waals surface area (Å²) in [6, 6.07) is 0. The number of aliphatic carboxylic acids is 1. The zero-order valence-electron chi connectivity index (χ0n) is 7.36. The van der Waals surface area contributed by atoms with Gasteiger partial charge in [0, 0.05) is 16.4 Å². The molecular weight excluding hydrogens is 192 g/mol. The molecular formula is C8H12O4S. The van der Waals surface area contributed by atoms with Gasteiger partial charge in [-0.1, -0.05) is 19.7 Å². The Labute approximate surface area is 77.8 Å². The molecule has 0 rings (SSSR count). The van der Waals surface area contributed by atoms with E-state index in [0.717, 1.165) is 10.8 Å². The molecule has 0 aliphatic heterocycles. The summed E-state index contributed by atoms with van der Waals surface area (Å²) in [7, 11) is -3.13. The van der Waals surface area contributed by atoms with Crippen LogP contribution in [0, 0.1) is 0 Å². The maximum atomic E-state index is 10.1. The van der Waals surface area contributed by atoms with E-state index in [0.29, 0.717) is 0 Å². The Kier molecular flexibility index (Phi) is 6.75. The van der Waals surface area contributed by atoms with Crippen molar-refractivity contribution in [1.82, 2.24) is 0 Å². The largest absolute Gasteiger partial charge is 0.478 e. The van der Waals surface area contributed by atoms with Crippen molar-refractivity contribution >= 4 is 15.8 Å². The van der Waals surface area contributed by atoms with Gasteiger partial charge in [-0.2, -0.15) is 0 Å². The zero-order chi connectivity index (χ0) is 11.1. The first-order chi connectivity index (χ1) is 5.76. The standard InChI is InChI=1S/C4H6O2S.C4H6O2/c1-3-7(5,6)4-2;1-3(2)4(5)6/h3-4H,1-2H2;1H2,2H3,(H,5,6). The Bertz CT molecular complexity index is 285. The molecule has 0 atom stereocenters. The Hall–Kier alpha value is -1.36. The summed E-state index contributed by atoms with van der Waals surface area (Å²) in [6.45, 7) is 10.7. The van der Waals surface area contributed by atoms with Crippen molar-refractivity contribution in [2.75, 3.05) is 0 Å². The number of carboxylic acids is 1. The molecule has 0 saturated carbocycles. The van der Waals surface area contributed by atoms with E-state index in [4.69, 9.17) is 5.11 Å². The van der Waals surface area contributed by atoms with Crippen molar-refractivity contribution in [3.05, 3.63) is 36.1 Å². The summed E-state index contributed by atoms with van der Waals surface area (Å²) in [5, 5.41) is 9.59. The van der Waals surface area contributed by atoms with Crippen molar-refractivity contribution < 1.29 is 18.3 Å². The summed E-state index contributed by atoms with van der Waals surface area (Å²) < 4.78 is 20.3. The van der Waals surface area contributed by atoms with Crippen LogP contribution in [0.15, 0.2) is 36.1 Å². The van der Waals surface area contributed by atoms with Crippen LogP contribution in [0.4, 0.5) is 0 Å². The summed E-state index contributed by atoms with van der Waals surface area (Å²) >= 11 is 0. The third kappa shape index (κ3) is 10.6. The number of carbonyl (C=O) groups is 1. The van der Waals surface area contributed by atoms with Crippen molar-refractivity contribution in [3.8, 4) is 0 Å². The summed E-state index contributed by atoms with van der Waals surface area (Å²) in [4.78, 5) is 9.60. The van der Waals surface area contributed by atoms with Gasteiger partial charge in [0.1, 0.15) is 0 Å². The number of hydrogen-bond acceptors (Lipinski definition) is 3. The molecule has 0 spiro atoms. The van der Waals surface area contributed by atoms with Gasteiger partial charge in [0.2, 0.25) is 0 Å². The second-order valence-corrected chi connectivity index (χ2v) is 3.85. The predicted octanol–water partition coefficient (Wildman–Crippen LogP) is 1.34. The topological polar surface area (TPSA) is 71.4 Å². The van der Waals surface area contributed by atoms with Gasteiger partial charge < -0.3 is 5.11 Å². The van der Waals surface area contributed by atoms with Crippen molar-refractivity contribution in [1.29, 1.82) is 0 Å². The fraction of sp³-hybridized carbons (Fsp3) is 0.125. The Morgan fingerprint density at radius 2 is 1.54 bits per heavy atom. The van der Waals surface area contributed by atoms with Gasteiger partial charge in [-0.3, -0.25) is 0 Å². The normalized spacial score (nSPS) is 9.00. The minimum atomic E-state index is -3.13. The monoisotopic (exact) mass is 204 g/mol. The van der Waals surface area contributed by atoms with E-state index in [9.17, 15) is 13.2 Å². The van der Waals surface area contributed by atoms with E-state index in [2.05, 4.69) is 19.7 Å². The minimum Gasteiger partial charge on any atom is -0.478 e. The highest BCUT2D eigenvalue weighted by atomic mass is 32.2. The minimum absolute atomic E-state index is 0.176. The first kappa shape index (κ1) is 14.2. The quantitative estimate of drug-likeness (QED) is 0.704. The molecule has 0 saturated heterocycles. The van der Waals surface area contributed by atoms with Gasteiger partial charge in [0.05, 0.1) is 0 Å². The zero-order valence-corrected chi connectivity index (χ0v) is 8.17. The van der Waals surface area contributed by atoms with Crippen LogP contribution in [0.5, 0.6) is 0 Å². The SMILES string of the molecule is C=C(C)C(=O)O.C=CS(=O)(=O)C=C. The Morgan fingerprint density at radius 1 is 1.31 bits per heavy atom. The van der Waals surface area contributed by atoms with Crippen LogP contribution >= 0.6 is 0 Å². The maximum absolute atomic E-state index is 10.1. The number of carboxylic acid groups (broad SMARTS) is 1. The molecule has 5 heteroatoms. The third-order valence-corrected chi connectivity index (χ3v) is 1.76. The van der Waals surface area contributed by atoms with Gasteiger partial charge in [0.25, 0.3) is 0 Å². The molecule has 13 heavy (non-hydrogen) atoms. The highest BCUT2D eigenvalue weighted by molar-refractivity contribution is 7.97. The fourth-order valence-electron chi connectivity index (χ4n) is 0.0680. The van der Waals surface area contributed by atoms with Crippen LogP contribution in [-0.4, -0.2) is 19.5 Å². The number of rotatable bonds is 3. The van der Waals surface area contributed by atoms with Crippen LogP contribution < -0.4 is 0 Å². The lowest BCUT2D eigenvalue weighted by Crippen LogP contribution is -1.92. The van der Waals surface area contributed by atoms with E-state index >= 15 is 0 Å². The van der Waals surface area contributed by atoms with Crippen LogP contribution in [0.25, 0.3) is 0 Å². The van der Waals surface area contributed by atoms with Gasteiger partial charge in [0.15, 0.2) is 9.84 Å². The summed E-state index contributed by atoms with van der Waals surface area (Å²) in [5.74, 6) is -0.935. The predicted molar refractivity (Wildman–Crippen MR) is 51.8 cm³/mol. The molecule has 0 bridgehead atoms. The van der Waals surface area contributed by atoms with Crippen LogP contribution in [0.3, 0.4) is 0 Å². The lowest BCUT2D eigenvalue weighted by molar-refractivity contribution is -0.132. The maximum Gasteiger partial charge on any atom is 0.330 e. The average molecular weight is 204 g/mol. The Morgan fingerprint density at radius 3 is 1.54 bits per heavy atom. The molecule has 0 fully saturated rings. The lowest BCUT2D eigenvalue weighted by atomic mass is 10.4. The highest BCUT2D eigenvalue weighted by Gasteiger charge is 1.90. The molecule has 0 radical (unpaired) electrons. The molecule has 0 aromatic heterocycles. The smallest absolute Gasteiger partial charge is 0.330 e. The van der Waals surface area contributed by atoms with Crippen LogP contribution in [-0.2, 0) is 14.6 Å². The van der Waals surface area contributed by atoms with E-state index < -0.39 is 15.8 Å². The second kappa shape index (κ2) is 6.19. The molecule has 4 nitrogen and oxygen atoms in total. The molecule has 0 aromatic carbocycles. The van der Waals surface area contributed by atoms with Crippen molar-refractivity contribution in [3.63, 3.8) is 0 Å². The Balaban J connectivity index is 0. The van der Waals surface area contributed by atoms with Gasteiger partial charge in [-0.15, -0.1) is 0 Å².